The molecule has 4 rings (SSSR count). The summed E-state index contributed by atoms with van der Waals surface area (Å²) >= 11 is 0. The van der Waals surface area contributed by atoms with Crippen LogP contribution in [0.3, 0.4) is 0 Å². The third kappa shape index (κ3) is 3.60. The van der Waals surface area contributed by atoms with Crippen LogP contribution in [0.5, 0.6) is 11.5 Å². The maximum Gasteiger partial charge on any atom is 0.161 e. The normalized spacial score (nSPS) is 24.3. The molecule has 1 unspecified atom stereocenters. The van der Waals surface area contributed by atoms with Crippen LogP contribution < -0.4 is 9.47 Å². The van der Waals surface area contributed by atoms with Gasteiger partial charge in [0, 0.05) is 0 Å². The average Bonchev–Trinajstić information content (AvgIpc) is 2.72. The van der Waals surface area contributed by atoms with Crippen molar-refractivity contribution in [1.82, 2.24) is 4.90 Å². The van der Waals surface area contributed by atoms with Crippen LogP contribution in [-0.4, -0.2) is 38.3 Å². The lowest BCUT2D eigenvalue weighted by molar-refractivity contribution is -0.0846. The fraction of sp³-hybridized carbons (Fsp3) is 0.455. The third-order valence-electron chi connectivity index (χ3n) is 5.69. The smallest absolute Gasteiger partial charge is 0.161 e. The zero-order valence-corrected chi connectivity index (χ0v) is 17.9. The van der Waals surface area contributed by atoms with Crippen molar-refractivity contribution in [2.45, 2.75) is 38.0 Å². The average molecular weight is 434 g/mol. The second kappa shape index (κ2) is 8.63. The van der Waals surface area contributed by atoms with Crippen molar-refractivity contribution in [2.75, 3.05) is 27.3 Å². The molecule has 0 N–H and O–H groups in total. The van der Waals surface area contributed by atoms with Crippen LogP contribution in [0.25, 0.3) is 0 Å². The standard InChI is InChI=1S/C22H27NO3.BrH/c1-4-23-12-8-11-18-21(23)16-13-19(24-2)20(25-3)14-17(16)22(26-18)15-9-6-5-7-10-15;/h5-7,9-10,13-14,18,21-22H,4,8,11-12H2,1-3H3;1H/t18-,21-,22?;/m1./s1. The monoisotopic (exact) mass is 433 g/mol. The molecule has 2 heterocycles. The number of benzene rings is 2. The summed E-state index contributed by atoms with van der Waals surface area (Å²) < 4.78 is 17.9. The minimum Gasteiger partial charge on any atom is -0.493 e. The number of ether oxygens (including phenoxy) is 3. The summed E-state index contributed by atoms with van der Waals surface area (Å²) in [5.41, 5.74) is 3.69. The van der Waals surface area contributed by atoms with Gasteiger partial charge in [-0.05, 0) is 54.8 Å². The highest BCUT2D eigenvalue weighted by Gasteiger charge is 2.41. The maximum absolute atomic E-state index is 6.67. The van der Waals surface area contributed by atoms with Crippen molar-refractivity contribution in [3.63, 3.8) is 0 Å². The lowest BCUT2D eigenvalue weighted by atomic mass is 9.83. The first kappa shape index (κ1) is 20.2. The Morgan fingerprint density at radius 1 is 1.04 bits per heavy atom. The molecule has 1 saturated heterocycles. The highest BCUT2D eigenvalue weighted by atomic mass is 79.9. The van der Waals surface area contributed by atoms with Gasteiger partial charge in [0.25, 0.3) is 0 Å². The minimum absolute atomic E-state index is 0. The third-order valence-corrected chi connectivity index (χ3v) is 5.69. The topological polar surface area (TPSA) is 30.9 Å². The van der Waals surface area contributed by atoms with Crippen molar-refractivity contribution in [3.8, 4) is 11.5 Å². The van der Waals surface area contributed by atoms with E-state index in [0.29, 0.717) is 0 Å². The number of piperidine rings is 1. The number of likely N-dealkylation sites (tertiary alicyclic amines) is 1. The number of hydrogen-bond acceptors (Lipinski definition) is 4. The van der Waals surface area contributed by atoms with E-state index in [2.05, 4.69) is 48.2 Å². The molecule has 5 heteroatoms. The summed E-state index contributed by atoms with van der Waals surface area (Å²) in [5, 5.41) is 0. The van der Waals surface area contributed by atoms with E-state index >= 15 is 0 Å². The van der Waals surface area contributed by atoms with Gasteiger partial charge in [-0.2, -0.15) is 0 Å². The molecule has 1 fully saturated rings. The van der Waals surface area contributed by atoms with Crippen LogP contribution in [-0.2, 0) is 4.74 Å². The fourth-order valence-corrected chi connectivity index (χ4v) is 4.45. The predicted molar refractivity (Wildman–Crippen MR) is 112 cm³/mol. The van der Waals surface area contributed by atoms with Gasteiger partial charge in [-0.3, -0.25) is 4.90 Å². The van der Waals surface area contributed by atoms with Gasteiger partial charge in [0.1, 0.15) is 6.10 Å². The number of halogens is 1. The summed E-state index contributed by atoms with van der Waals surface area (Å²) in [6.07, 6.45) is 2.42. The van der Waals surface area contributed by atoms with Crippen LogP contribution >= 0.6 is 17.0 Å². The van der Waals surface area contributed by atoms with Crippen molar-refractivity contribution in [2.24, 2.45) is 0 Å². The van der Waals surface area contributed by atoms with Crippen molar-refractivity contribution >= 4 is 17.0 Å². The van der Waals surface area contributed by atoms with Crippen molar-refractivity contribution in [1.29, 1.82) is 0 Å². The number of rotatable bonds is 4. The summed E-state index contributed by atoms with van der Waals surface area (Å²) in [5.74, 6) is 1.55. The molecule has 27 heavy (non-hydrogen) atoms. The molecule has 0 radical (unpaired) electrons. The first-order chi connectivity index (χ1) is 12.8. The number of hydrogen-bond donors (Lipinski definition) is 0. The Bertz CT molecular complexity index is 768. The largest absolute Gasteiger partial charge is 0.493 e. The lowest BCUT2D eigenvalue weighted by Crippen LogP contribution is -2.46. The molecule has 146 valence electrons. The molecule has 0 bridgehead atoms. The van der Waals surface area contributed by atoms with Gasteiger partial charge in [-0.15, -0.1) is 17.0 Å². The Balaban J connectivity index is 0.00000210. The fourth-order valence-electron chi connectivity index (χ4n) is 4.45. The highest BCUT2D eigenvalue weighted by molar-refractivity contribution is 8.93. The molecule has 0 aromatic heterocycles. The molecule has 4 nitrogen and oxygen atoms in total. The Labute approximate surface area is 172 Å². The molecule has 3 atom stereocenters. The minimum atomic E-state index is -0.0657. The molecule has 0 aliphatic carbocycles. The zero-order chi connectivity index (χ0) is 18.1. The van der Waals surface area contributed by atoms with E-state index in [1.807, 2.05) is 6.07 Å². The van der Waals surface area contributed by atoms with Crippen LogP contribution in [0.2, 0.25) is 0 Å². The first-order valence-corrected chi connectivity index (χ1v) is 9.47. The Hall–Kier alpha value is -1.56. The lowest BCUT2D eigenvalue weighted by Gasteiger charge is -2.47. The van der Waals surface area contributed by atoms with E-state index in [1.165, 1.54) is 23.1 Å². The molecule has 2 aliphatic rings. The van der Waals surface area contributed by atoms with Gasteiger partial charge < -0.3 is 14.2 Å². The van der Waals surface area contributed by atoms with E-state index in [-0.39, 0.29) is 35.2 Å². The van der Waals surface area contributed by atoms with E-state index in [4.69, 9.17) is 14.2 Å². The van der Waals surface area contributed by atoms with Gasteiger partial charge in [0.15, 0.2) is 11.5 Å². The Kier molecular flexibility index (Phi) is 6.45. The number of methoxy groups -OCH3 is 2. The number of fused-ring (bicyclic) bond motifs is 3. The molecule has 0 amide bonds. The number of likely N-dealkylation sites (N-methyl/N-ethyl adjacent to an activating group) is 1. The quantitative estimate of drug-likeness (QED) is 0.683. The van der Waals surface area contributed by atoms with Gasteiger partial charge in [-0.25, -0.2) is 0 Å². The molecule has 2 aromatic carbocycles. The maximum atomic E-state index is 6.67. The summed E-state index contributed by atoms with van der Waals surface area (Å²) in [6.45, 7) is 4.37. The summed E-state index contributed by atoms with van der Waals surface area (Å²) in [7, 11) is 3.39. The van der Waals surface area contributed by atoms with E-state index in [0.717, 1.165) is 31.0 Å². The summed E-state index contributed by atoms with van der Waals surface area (Å²) in [4.78, 5) is 2.53. The molecule has 2 aliphatic heterocycles. The van der Waals surface area contributed by atoms with E-state index in [1.54, 1.807) is 14.2 Å². The van der Waals surface area contributed by atoms with Gasteiger partial charge in [0.05, 0.1) is 26.4 Å². The first-order valence-electron chi connectivity index (χ1n) is 9.47. The zero-order valence-electron chi connectivity index (χ0n) is 16.2. The molecular formula is C22H28BrNO3. The Morgan fingerprint density at radius 2 is 1.70 bits per heavy atom. The van der Waals surface area contributed by atoms with Crippen LogP contribution in [0.4, 0.5) is 0 Å². The SMILES string of the molecule is Br.CCN1CCC[C@H]2OC(c3ccccc3)c3cc(OC)c(OC)cc3[C@H]21. The van der Waals surface area contributed by atoms with Crippen LogP contribution in [0, 0.1) is 0 Å². The molecule has 0 saturated carbocycles. The van der Waals surface area contributed by atoms with Gasteiger partial charge >= 0.3 is 0 Å². The van der Waals surface area contributed by atoms with Crippen LogP contribution in [0.15, 0.2) is 42.5 Å². The predicted octanol–water partition coefficient (Wildman–Crippen LogP) is 4.93. The van der Waals surface area contributed by atoms with E-state index in [9.17, 15) is 0 Å². The van der Waals surface area contributed by atoms with Gasteiger partial charge in [0.2, 0.25) is 0 Å². The second-order valence-corrected chi connectivity index (χ2v) is 7.02. The second-order valence-electron chi connectivity index (χ2n) is 7.02. The highest BCUT2D eigenvalue weighted by Crippen LogP contribution is 2.48. The van der Waals surface area contributed by atoms with Crippen molar-refractivity contribution < 1.29 is 14.2 Å². The summed E-state index contributed by atoms with van der Waals surface area (Å²) in [6, 6.07) is 15.0. The van der Waals surface area contributed by atoms with Crippen LogP contribution in [0.1, 0.15) is 48.6 Å². The molecule has 0 spiro atoms. The number of nitrogens with zero attached hydrogens (tertiary/aromatic N) is 1. The van der Waals surface area contributed by atoms with Gasteiger partial charge in [-0.1, -0.05) is 37.3 Å². The molecular weight excluding hydrogens is 406 g/mol. The Morgan fingerprint density at radius 3 is 2.33 bits per heavy atom. The van der Waals surface area contributed by atoms with Crippen molar-refractivity contribution in [3.05, 3.63) is 59.2 Å². The van der Waals surface area contributed by atoms with E-state index < -0.39 is 0 Å². The molecule has 2 aromatic rings.